The van der Waals surface area contributed by atoms with Crippen molar-refractivity contribution in [2.45, 2.75) is 51.5 Å². The Morgan fingerprint density at radius 2 is 2.19 bits per heavy atom. The van der Waals surface area contributed by atoms with Gasteiger partial charge in [-0.3, -0.25) is 0 Å². The Bertz CT molecular complexity index is 490. The molecule has 2 saturated carbocycles. The van der Waals surface area contributed by atoms with E-state index in [1.807, 2.05) is 12.1 Å². The highest BCUT2D eigenvalue weighted by atomic mass is 79.9. The molecular weight excluding hydrogens is 329 g/mol. The minimum atomic E-state index is -0.174. The second-order valence-electron chi connectivity index (χ2n) is 6.88. The van der Waals surface area contributed by atoms with Crippen LogP contribution in [0.3, 0.4) is 0 Å². The molecule has 0 aromatic heterocycles. The lowest BCUT2D eigenvalue weighted by atomic mass is 9.83. The number of fused-ring (bicyclic) bond motifs is 2. The first-order valence-electron chi connectivity index (χ1n) is 8.33. The van der Waals surface area contributed by atoms with E-state index in [2.05, 4.69) is 28.2 Å². The Morgan fingerprint density at radius 3 is 2.81 bits per heavy atom. The van der Waals surface area contributed by atoms with Crippen molar-refractivity contribution >= 4 is 15.9 Å². The average Bonchev–Trinajstić information content (AvgIpc) is 3.05. The van der Waals surface area contributed by atoms with Gasteiger partial charge >= 0.3 is 0 Å². The molecule has 0 aliphatic heterocycles. The second-order valence-corrected chi connectivity index (χ2v) is 7.73. The van der Waals surface area contributed by atoms with E-state index < -0.39 is 0 Å². The van der Waals surface area contributed by atoms with E-state index in [1.54, 1.807) is 6.07 Å². The number of likely N-dealkylation sites (N-methyl/N-ethyl adjacent to an activating group) is 1. The van der Waals surface area contributed by atoms with Gasteiger partial charge in [0.2, 0.25) is 0 Å². The molecule has 2 aliphatic rings. The maximum Gasteiger partial charge on any atom is 0.137 e. The van der Waals surface area contributed by atoms with Gasteiger partial charge in [-0.2, -0.15) is 0 Å². The van der Waals surface area contributed by atoms with Gasteiger partial charge in [-0.15, -0.1) is 0 Å². The fourth-order valence-corrected chi connectivity index (χ4v) is 4.94. The van der Waals surface area contributed by atoms with Crippen LogP contribution in [0.4, 0.5) is 4.39 Å². The first kappa shape index (κ1) is 15.5. The summed E-state index contributed by atoms with van der Waals surface area (Å²) in [4.78, 5) is 0. The molecule has 2 aliphatic carbocycles. The highest BCUT2D eigenvalue weighted by Crippen LogP contribution is 2.50. The van der Waals surface area contributed by atoms with Crippen LogP contribution in [0.15, 0.2) is 22.7 Å². The molecule has 1 aromatic carbocycles. The highest BCUT2D eigenvalue weighted by Gasteiger charge is 2.39. The maximum absolute atomic E-state index is 13.4. The van der Waals surface area contributed by atoms with Gasteiger partial charge in [-0.05, 0) is 90.0 Å². The molecule has 0 saturated heterocycles. The first-order valence-corrected chi connectivity index (χ1v) is 9.12. The van der Waals surface area contributed by atoms with Crippen molar-refractivity contribution in [3.8, 4) is 0 Å². The summed E-state index contributed by atoms with van der Waals surface area (Å²) < 4.78 is 13.9. The fraction of sp³-hybridized carbons (Fsp3) is 0.667. The summed E-state index contributed by atoms with van der Waals surface area (Å²) in [5.41, 5.74) is 1.22. The summed E-state index contributed by atoms with van der Waals surface area (Å²) in [7, 11) is 0. The third kappa shape index (κ3) is 3.68. The predicted molar refractivity (Wildman–Crippen MR) is 88.8 cm³/mol. The molecule has 1 nitrogen and oxygen atoms in total. The molecule has 4 unspecified atom stereocenters. The zero-order chi connectivity index (χ0) is 14.8. The molecule has 4 atom stereocenters. The molecule has 116 valence electrons. The van der Waals surface area contributed by atoms with E-state index in [4.69, 9.17) is 0 Å². The minimum Gasteiger partial charge on any atom is -0.314 e. The van der Waals surface area contributed by atoms with E-state index in [0.29, 0.717) is 10.5 Å². The van der Waals surface area contributed by atoms with Crippen molar-refractivity contribution < 1.29 is 4.39 Å². The van der Waals surface area contributed by atoms with Crippen LogP contribution < -0.4 is 5.32 Å². The van der Waals surface area contributed by atoms with Gasteiger partial charge < -0.3 is 5.32 Å². The lowest BCUT2D eigenvalue weighted by Crippen LogP contribution is -2.34. The van der Waals surface area contributed by atoms with Crippen LogP contribution in [0.5, 0.6) is 0 Å². The van der Waals surface area contributed by atoms with Gasteiger partial charge in [-0.25, -0.2) is 4.39 Å². The summed E-state index contributed by atoms with van der Waals surface area (Å²) in [6.07, 6.45) is 8.13. The SMILES string of the molecule is CCNC(Cc1ccc(F)c(Br)c1)CC1CC2CCC1C2. The van der Waals surface area contributed by atoms with Crippen LogP contribution in [0.1, 0.15) is 44.6 Å². The van der Waals surface area contributed by atoms with E-state index in [-0.39, 0.29) is 5.82 Å². The molecule has 0 spiro atoms. The third-order valence-electron chi connectivity index (χ3n) is 5.43. The summed E-state index contributed by atoms with van der Waals surface area (Å²) in [6, 6.07) is 5.95. The Kier molecular flexibility index (Phi) is 5.00. The molecule has 0 radical (unpaired) electrons. The number of halogens is 2. The van der Waals surface area contributed by atoms with Gasteiger partial charge in [0.25, 0.3) is 0 Å². The van der Waals surface area contributed by atoms with E-state index in [0.717, 1.165) is 30.7 Å². The molecule has 2 bridgehead atoms. The highest BCUT2D eigenvalue weighted by molar-refractivity contribution is 9.10. The number of nitrogens with one attached hydrogen (secondary N) is 1. The Balaban J connectivity index is 1.62. The first-order chi connectivity index (χ1) is 10.2. The van der Waals surface area contributed by atoms with Crippen LogP contribution in [0.2, 0.25) is 0 Å². The zero-order valence-corrected chi connectivity index (χ0v) is 14.3. The van der Waals surface area contributed by atoms with Gasteiger partial charge in [0.05, 0.1) is 4.47 Å². The normalized spacial score (nSPS) is 29.0. The van der Waals surface area contributed by atoms with Crippen LogP contribution >= 0.6 is 15.9 Å². The van der Waals surface area contributed by atoms with E-state index >= 15 is 0 Å². The minimum absolute atomic E-state index is 0.174. The zero-order valence-electron chi connectivity index (χ0n) is 12.7. The van der Waals surface area contributed by atoms with Crippen molar-refractivity contribution in [1.82, 2.24) is 5.32 Å². The van der Waals surface area contributed by atoms with Crippen molar-refractivity contribution in [2.75, 3.05) is 6.54 Å². The summed E-state index contributed by atoms with van der Waals surface area (Å²) in [5, 5.41) is 3.64. The standard InChI is InChI=1S/C18H25BrFN/c1-2-21-16(9-13-4-6-18(20)17(19)10-13)11-15-8-12-3-5-14(15)7-12/h4,6,10,12,14-16,21H,2-3,5,7-9,11H2,1H3. The van der Waals surface area contributed by atoms with Gasteiger partial charge in [0.1, 0.15) is 5.82 Å². The van der Waals surface area contributed by atoms with Gasteiger partial charge in [0, 0.05) is 6.04 Å². The third-order valence-corrected chi connectivity index (χ3v) is 6.04. The molecule has 1 aromatic rings. The molecule has 3 rings (SSSR count). The summed E-state index contributed by atoms with van der Waals surface area (Å²) in [6.45, 7) is 3.18. The number of rotatable bonds is 6. The van der Waals surface area contributed by atoms with E-state index in [9.17, 15) is 4.39 Å². The quantitative estimate of drug-likeness (QED) is 0.763. The summed E-state index contributed by atoms with van der Waals surface area (Å²) in [5.74, 6) is 2.74. The lowest BCUT2D eigenvalue weighted by molar-refractivity contribution is 0.278. The van der Waals surface area contributed by atoms with Gasteiger partial charge in [-0.1, -0.05) is 19.4 Å². The molecule has 21 heavy (non-hydrogen) atoms. The lowest BCUT2D eigenvalue weighted by Gasteiger charge is -2.27. The molecule has 1 N–H and O–H groups in total. The Labute approximate surface area is 135 Å². The van der Waals surface area contributed by atoms with Crippen molar-refractivity contribution in [3.63, 3.8) is 0 Å². The van der Waals surface area contributed by atoms with Crippen molar-refractivity contribution in [1.29, 1.82) is 0 Å². The van der Waals surface area contributed by atoms with E-state index in [1.165, 1.54) is 37.7 Å². The van der Waals surface area contributed by atoms with Crippen molar-refractivity contribution in [2.24, 2.45) is 17.8 Å². The molecule has 3 heteroatoms. The molecule has 0 heterocycles. The predicted octanol–water partition coefficient (Wildman–Crippen LogP) is 4.94. The van der Waals surface area contributed by atoms with Crippen molar-refractivity contribution in [3.05, 3.63) is 34.1 Å². The molecule has 2 fully saturated rings. The maximum atomic E-state index is 13.4. The number of benzene rings is 1. The van der Waals surface area contributed by atoms with Crippen LogP contribution in [0.25, 0.3) is 0 Å². The Morgan fingerprint density at radius 1 is 1.33 bits per heavy atom. The molecular formula is C18H25BrFN. The largest absolute Gasteiger partial charge is 0.314 e. The fourth-order valence-electron chi connectivity index (χ4n) is 4.51. The monoisotopic (exact) mass is 353 g/mol. The second kappa shape index (κ2) is 6.78. The smallest absolute Gasteiger partial charge is 0.137 e. The van der Waals surface area contributed by atoms with Crippen LogP contribution in [-0.2, 0) is 6.42 Å². The topological polar surface area (TPSA) is 12.0 Å². The summed E-state index contributed by atoms with van der Waals surface area (Å²) >= 11 is 3.29. The average molecular weight is 354 g/mol. The van der Waals surface area contributed by atoms with Crippen LogP contribution in [-0.4, -0.2) is 12.6 Å². The number of hydrogen-bond donors (Lipinski definition) is 1. The van der Waals surface area contributed by atoms with Crippen LogP contribution in [0, 0.1) is 23.6 Å². The molecule has 0 amide bonds. The van der Waals surface area contributed by atoms with Gasteiger partial charge in [0.15, 0.2) is 0 Å². The number of hydrogen-bond acceptors (Lipinski definition) is 1. The Hall–Kier alpha value is -0.410.